The van der Waals surface area contributed by atoms with Crippen molar-refractivity contribution >= 4 is 5.97 Å². The fraction of sp³-hybridized carbons (Fsp3) is 0.364. The first-order chi connectivity index (χ1) is 7.31. The molecule has 0 amide bonds. The van der Waals surface area contributed by atoms with E-state index < -0.39 is 6.29 Å². The normalized spacial score (nSPS) is 20.1. The average molecular weight is 208 g/mol. The molecule has 1 aromatic rings. The number of hydrogen-bond donors (Lipinski definition) is 0. The predicted octanol–water partition coefficient (Wildman–Crippen LogP) is 1.66. The van der Waals surface area contributed by atoms with Crippen LogP contribution in [0, 0.1) is 0 Å². The van der Waals surface area contributed by atoms with E-state index in [0.717, 1.165) is 5.56 Å². The third kappa shape index (κ3) is 2.10. The second-order valence-corrected chi connectivity index (χ2v) is 3.10. The molecular weight excluding hydrogens is 196 g/mol. The molecule has 0 saturated carbocycles. The summed E-state index contributed by atoms with van der Waals surface area (Å²) in [6.07, 6.45) is -0.625. The van der Waals surface area contributed by atoms with Gasteiger partial charge in [0.1, 0.15) is 12.4 Å². The summed E-state index contributed by atoms with van der Waals surface area (Å²) >= 11 is 0. The molecule has 80 valence electrons. The van der Waals surface area contributed by atoms with Crippen molar-refractivity contribution in [3.8, 4) is 5.75 Å². The maximum absolute atomic E-state index is 10.9. The maximum atomic E-state index is 10.9. The van der Waals surface area contributed by atoms with Crippen LogP contribution in [0.5, 0.6) is 5.75 Å². The summed E-state index contributed by atoms with van der Waals surface area (Å²) in [6.45, 7) is 2.47. The number of rotatable bonds is 3. The van der Waals surface area contributed by atoms with E-state index in [2.05, 4.69) is 0 Å². The number of cyclic esters (lactones) is 1. The summed E-state index contributed by atoms with van der Waals surface area (Å²) in [4.78, 5) is 10.9. The summed E-state index contributed by atoms with van der Waals surface area (Å²) in [7, 11) is 0. The molecule has 1 heterocycles. The van der Waals surface area contributed by atoms with Gasteiger partial charge in [-0.15, -0.1) is 0 Å². The predicted molar refractivity (Wildman–Crippen MR) is 52.4 cm³/mol. The average Bonchev–Trinajstić information content (AvgIpc) is 2.66. The standard InChI is InChI=1S/C11H12O4/c1-2-13-9-6-4-3-5-8(9)11-14-7-10(12)15-11/h3-6,11H,2,7H2,1H3. The summed E-state index contributed by atoms with van der Waals surface area (Å²) in [5.74, 6) is 0.353. The zero-order valence-corrected chi connectivity index (χ0v) is 8.43. The minimum Gasteiger partial charge on any atom is -0.493 e. The smallest absolute Gasteiger partial charge is 0.334 e. The van der Waals surface area contributed by atoms with Crippen molar-refractivity contribution in [2.24, 2.45) is 0 Å². The van der Waals surface area contributed by atoms with Gasteiger partial charge in [0.25, 0.3) is 0 Å². The maximum Gasteiger partial charge on any atom is 0.334 e. The van der Waals surface area contributed by atoms with Crippen LogP contribution in [0.15, 0.2) is 24.3 Å². The van der Waals surface area contributed by atoms with Gasteiger partial charge in [-0.2, -0.15) is 0 Å². The van der Waals surface area contributed by atoms with E-state index in [0.29, 0.717) is 12.4 Å². The number of hydrogen-bond acceptors (Lipinski definition) is 4. The molecule has 1 aliphatic rings. The van der Waals surface area contributed by atoms with Crippen LogP contribution in [0.3, 0.4) is 0 Å². The summed E-state index contributed by atoms with van der Waals surface area (Å²) < 4.78 is 15.6. The molecule has 1 atom stereocenters. The Morgan fingerprint density at radius 1 is 1.47 bits per heavy atom. The second kappa shape index (κ2) is 4.31. The SMILES string of the molecule is CCOc1ccccc1C1OCC(=O)O1. The van der Waals surface area contributed by atoms with E-state index in [9.17, 15) is 4.79 Å². The number of para-hydroxylation sites is 1. The Kier molecular flexibility index (Phi) is 2.87. The highest BCUT2D eigenvalue weighted by molar-refractivity contribution is 5.72. The minimum atomic E-state index is -0.625. The van der Waals surface area contributed by atoms with Crippen LogP contribution in [-0.4, -0.2) is 19.2 Å². The van der Waals surface area contributed by atoms with E-state index in [1.165, 1.54) is 0 Å². The number of carbonyl (C=O) groups excluding carboxylic acids is 1. The van der Waals surface area contributed by atoms with Crippen molar-refractivity contribution in [1.29, 1.82) is 0 Å². The van der Waals surface area contributed by atoms with Crippen LogP contribution in [0.4, 0.5) is 0 Å². The van der Waals surface area contributed by atoms with Crippen molar-refractivity contribution in [2.45, 2.75) is 13.2 Å². The van der Waals surface area contributed by atoms with Crippen LogP contribution in [0.2, 0.25) is 0 Å². The third-order valence-electron chi connectivity index (χ3n) is 2.06. The Labute approximate surface area is 87.8 Å². The van der Waals surface area contributed by atoms with E-state index in [4.69, 9.17) is 14.2 Å². The van der Waals surface area contributed by atoms with Gasteiger partial charge in [0.05, 0.1) is 12.2 Å². The lowest BCUT2D eigenvalue weighted by Gasteiger charge is -2.13. The van der Waals surface area contributed by atoms with Gasteiger partial charge < -0.3 is 14.2 Å². The number of carbonyl (C=O) groups is 1. The van der Waals surface area contributed by atoms with E-state index in [1.54, 1.807) is 0 Å². The zero-order chi connectivity index (χ0) is 10.7. The third-order valence-corrected chi connectivity index (χ3v) is 2.06. The molecule has 1 saturated heterocycles. The lowest BCUT2D eigenvalue weighted by atomic mass is 10.2. The van der Waals surface area contributed by atoms with Crippen LogP contribution < -0.4 is 4.74 Å². The monoisotopic (exact) mass is 208 g/mol. The van der Waals surface area contributed by atoms with Gasteiger partial charge in [-0.25, -0.2) is 4.79 Å². The molecule has 0 radical (unpaired) electrons. The molecule has 1 aromatic carbocycles. The van der Waals surface area contributed by atoms with Gasteiger partial charge in [0, 0.05) is 0 Å². The molecular formula is C11H12O4. The molecule has 0 aromatic heterocycles. The Balaban J connectivity index is 2.22. The van der Waals surface area contributed by atoms with E-state index in [-0.39, 0.29) is 12.6 Å². The summed E-state index contributed by atoms with van der Waals surface area (Å²) in [5, 5.41) is 0. The first kappa shape index (κ1) is 9.98. The highest BCUT2D eigenvalue weighted by Gasteiger charge is 2.27. The first-order valence-electron chi connectivity index (χ1n) is 4.84. The van der Waals surface area contributed by atoms with E-state index >= 15 is 0 Å². The quantitative estimate of drug-likeness (QED) is 0.708. The van der Waals surface area contributed by atoms with Gasteiger partial charge in [-0.05, 0) is 19.1 Å². The number of ether oxygens (including phenoxy) is 3. The Morgan fingerprint density at radius 2 is 2.27 bits per heavy atom. The zero-order valence-electron chi connectivity index (χ0n) is 8.43. The highest BCUT2D eigenvalue weighted by Crippen LogP contribution is 2.31. The molecule has 4 heteroatoms. The summed E-state index contributed by atoms with van der Waals surface area (Å²) in [6, 6.07) is 7.38. The highest BCUT2D eigenvalue weighted by atomic mass is 16.7. The van der Waals surface area contributed by atoms with Gasteiger partial charge >= 0.3 is 5.97 Å². The van der Waals surface area contributed by atoms with E-state index in [1.807, 2.05) is 31.2 Å². The van der Waals surface area contributed by atoms with Crippen LogP contribution in [0.1, 0.15) is 18.8 Å². The molecule has 0 spiro atoms. The van der Waals surface area contributed by atoms with Crippen molar-refractivity contribution in [2.75, 3.05) is 13.2 Å². The fourth-order valence-electron chi connectivity index (χ4n) is 1.45. The summed E-state index contributed by atoms with van der Waals surface area (Å²) in [5.41, 5.74) is 0.755. The van der Waals surface area contributed by atoms with Crippen molar-refractivity contribution < 1.29 is 19.0 Å². The molecule has 0 aliphatic carbocycles. The number of esters is 1. The van der Waals surface area contributed by atoms with Crippen molar-refractivity contribution in [3.63, 3.8) is 0 Å². The minimum absolute atomic E-state index is 0.00509. The van der Waals surface area contributed by atoms with Gasteiger partial charge in [-0.3, -0.25) is 0 Å². The topological polar surface area (TPSA) is 44.8 Å². The Bertz CT molecular complexity index is 361. The Hall–Kier alpha value is -1.55. The van der Waals surface area contributed by atoms with Gasteiger partial charge in [-0.1, -0.05) is 12.1 Å². The molecule has 1 aliphatic heterocycles. The van der Waals surface area contributed by atoms with Crippen LogP contribution >= 0.6 is 0 Å². The lowest BCUT2D eigenvalue weighted by molar-refractivity contribution is -0.143. The van der Waals surface area contributed by atoms with Crippen LogP contribution in [0.25, 0.3) is 0 Å². The molecule has 4 nitrogen and oxygen atoms in total. The largest absolute Gasteiger partial charge is 0.493 e. The van der Waals surface area contributed by atoms with Crippen molar-refractivity contribution in [1.82, 2.24) is 0 Å². The lowest BCUT2D eigenvalue weighted by Crippen LogP contribution is -2.03. The van der Waals surface area contributed by atoms with Gasteiger partial charge in [0.15, 0.2) is 0 Å². The molecule has 0 N–H and O–H groups in total. The molecule has 1 unspecified atom stereocenters. The van der Waals surface area contributed by atoms with Crippen LogP contribution in [-0.2, 0) is 14.3 Å². The molecule has 1 fully saturated rings. The fourth-order valence-corrected chi connectivity index (χ4v) is 1.45. The number of benzene rings is 1. The molecule has 2 rings (SSSR count). The first-order valence-corrected chi connectivity index (χ1v) is 4.84. The second-order valence-electron chi connectivity index (χ2n) is 3.10. The van der Waals surface area contributed by atoms with Gasteiger partial charge in [0.2, 0.25) is 6.29 Å². The van der Waals surface area contributed by atoms with Crippen molar-refractivity contribution in [3.05, 3.63) is 29.8 Å². The molecule has 15 heavy (non-hydrogen) atoms. The molecule has 0 bridgehead atoms. The Morgan fingerprint density at radius 3 is 2.93 bits per heavy atom.